The lowest BCUT2D eigenvalue weighted by atomic mass is 9.98. The third kappa shape index (κ3) is 7.00. The highest BCUT2D eigenvalue weighted by Gasteiger charge is 2.28. The molecule has 0 aliphatic rings. The Morgan fingerprint density at radius 3 is 0.944 bits per heavy atom. The van der Waals surface area contributed by atoms with Gasteiger partial charge in [-0.05, 0) is 122 Å². The quantitative estimate of drug-likeness (QED) is 0.141. The molecule has 0 saturated carbocycles. The van der Waals surface area contributed by atoms with Gasteiger partial charge in [-0.15, -0.1) is 0 Å². The summed E-state index contributed by atoms with van der Waals surface area (Å²) in [5, 5.41) is 0. The van der Waals surface area contributed by atoms with Gasteiger partial charge in [0.05, 0.1) is 28.4 Å². The smallest absolute Gasteiger partial charge is 0.0705 e. The average Bonchev–Trinajstić information content (AvgIpc) is 3.22. The summed E-state index contributed by atoms with van der Waals surface area (Å²) < 4.78 is 0. The van der Waals surface area contributed by atoms with Crippen LogP contribution in [0.25, 0.3) is 11.1 Å². The number of para-hydroxylation sites is 4. The van der Waals surface area contributed by atoms with Crippen LogP contribution in [0.15, 0.2) is 206 Å². The van der Waals surface area contributed by atoms with Crippen molar-refractivity contribution in [3.63, 3.8) is 0 Å². The zero-order valence-electron chi connectivity index (χ0n) is 31.0. The van der Waals surface area contributed by atoms with Gasteiger partial charge in [0.15, 0.2) is 0 Å². The van der Waals surface area contributed by atoms with E-state index in [1.54, 1.807) is 0 Å². The second-order valence-corrected chi connectivity index (χ2v) is 13.7. The van der Waals surface area contributed by atoms with Gasteiger partial charge in [-0.2, -0.15) is 0 Å². The van der Waals surface area contributed by atoms with Crippen molar-refractivity contribution >= 4 is 51.2 Å². The van der Waals surface area contributed by atoms with Crippen LogP contribution in [0.4, 0.5) is 51.2 Å². The predicted molar refractivity (Wildman–Crippen MR) is 230 cm³/mol. The molecule has 8 aromatic carbocycles. The minimum atomic E-state index is 1.06. The summed E-state index contributed by atoms with van der Waals surface area (Å²) in [6.45, 7) is 6.53. The molecule has 0 N–H and O–H groups in total. The summed E-state index contributed by atoms with van der Waals surface area (Å²) in [5.74, 6) is 0. The van der Waals surface area contributed by atoms with Crippen molar-refractivity contribution in [1.82, 2.24) is 0 Å². The Balaban J connectivity index is 1.48. The molecule has 0 aliphatic carbocycles. The van der Waals surface area contributed by atoms with Crippen molar-refractivity contribution in [3.05, 3.63) is 223 Å². The lowest BCUT2D eigenvalue weighted by Crippen LogP contribution is -2.20. The molecule has 3 heteroatoms. The molecule has 0 atom stereocenters. The third-order valence-corrected chi connectivity index (χ3v) is 9.76. The second kappa shape index (κ2) is 15.4. The highest BCUT2D eigenvalue weighted by atomic mass is 15.2. The first-order chi connectivity index (χ1) is 26.5. The van der Waals surface area contributed by atoms with E-state index in [9.17, 15) is 0 Å². The Morgan fingerprint density at radius 2 is 0.574 bits per heavy atom. The first-order valence-corrected chi connectivity index (χ1v) is 18.5. The molecule has 3 nitrogen and oxygen atoms in total. The number of nitrogens with zero attached hydrogens (tertiary/aromatic N) is 3. The SMILES string of the molecule is Cc1ccc(N(c2ccc(C)cc2N(c2ccccc2)c2ccccc2)c2ccc(C)cc2N(c2ccccc2)c2ccccc2)c(-c2ccccc2)c1. The van der Waals surface area contributed by atoms with Crippen molar-refractivity contribution in [3.8, 4) is 11.1 Å². The van der Waals surface area contributed by atoms with Gasteiger partial charge in [0.2, 0.25) is 0 Å². The van der Waals surface area contributed by atoms with E-state index in [-0.39, 0.29) is 0 Å². The Kier molecular flexibility index (Phi) is 9.78. The van der Waals surface area contributed by atoms with E-state index in [0.717, 1.165) is 62.3 Å². The van der Waals surface area contributed by atoms with Gasteiger partial charge in [-0.3, -0.25) is 0 Å². The minimum Gasteiger partial charge on any atom is -0.308 e. The van der Waals surface area contributed by atoms with Gasteiger partial charge in [-0.25, -0.2) is 0 Å². The maximum absolute atomic E-state index is 2.48. The number of aryl methyl sites for hydroxylation is 3. The Morgan fingerprint density at radius 1 is 0.259 bits per heavy atom. The molecule has 0 aromatic heterocycles. The average molecular weight is 698 g/mol. The highest BCUT2D eigenvalue weighted by Crippen LogP contribution is 2.52. The van der Waals surface area contributed by atoms with E-state index in [4.69, 9.17) is 0 Å². The summed E-state index contributed by atoms with van der Waals surface area (Å²) >= 11 is 0. The zero-order chi connectivity index (χ0) is 36.9. The second-order valence-electron chi connectivity index (χ2n) is 13.7. The summed E-state index contributed by atoms with van der Waals surface area (Å²) in [6, 6.07) is 74.0. The van der Waals surface area contributed by atoms with E-state index in [0.29, 0.717) is 0 Å². The summed E-state index contributed by atoms with van der Waals surface area (Å²) in [4.78, 5) is 7.24. The predicted octanol–water partition coefficient (Wildman–Crippen LogP) is 14.7. The number of hydrogen-bond acceptors (Lipinski definition) is 3. The van der Waals surface area contributed by atoms with Crippen LogP contribution in [-0.4, -0.2) is 0 Å². The standard InChI is InChI=1S/C51H43N3/c1-38-29-32-47(46(35-38)41-19-9-4-10-20-41)54(48-33-30-39(2)36-50(48)52(42-21-11-5-12-22-42)43-23-13-6-14-24-43)49-34-31-40(3)37-51(49)53(44-25-15-7-16-26-44)45-27-17-8-18-28-45/h4-37H,1-3H3. The first-order valence-electron chi connectivity index (χ1n) is 18.5. The van der Waals surface area contributed by atoms with Crippen LogP contribution in [0.1, 0.15) is 16.7 Å². The van der Waals surface area contributed by atoms with Crippen LogP contribution >= 0.6 is 0 Å². The fourth-order valence-electron chi connectivity index (χ4n) is 7.25. The summed E-state index contributed by atoms with van der Waals surface area (Å²) in [6.07, 6.45) is 0. The maximum Gasteiger partial charge on any atom is 0.0705 e. The normalized spacial score (nSPS) is 10.9. The van der Waals surface area contributed by atoms with Crippen molar-refractivity contribution in [2.45, 2.75) is 20.8 Å². The van der Waals surface area contributed by atoms with E-state index < -0.39 is 0 Å². The van der Waals surface area contributed by atoms with E-state index in [2.05, 4.69) is 242 Å². The van der Waals surface area contributed by atoms with Crippen LogP contribution in [0.5, 0.6) is 0 Å². The summed E-state index contributed by atoms with van der Waals surface area (Å²) in [7, 11) is 0. The van der Waals surface area contributed by atoms with Crippen molar-refractivity contribution < 1.29 is 0 Å². The molecule has 0 bridgehead atoms. The van der Waals surface area contributed by atoms with Crippen molar-refractivity contribution in [1.29, 1.82) is 0 Å². The van der Waals surface area contributed by atoms with Gasteiger partial charge in [0.25, 0.3) is 0 Å². The van der Waals surface area contributed by atoms with E-state index >= 15 is 0 Å². The van der Waals surface area contributed by atoms with Crippen LogP contribution in [0.2, 0.25) is 0 Å². The van der Waals surface area contributed by atoms with Crippen LogP contribution < -0.4 is 14.7 Å². The van der Waals surface area contributed by atoms with Crippen molar-refractivity contribution in [2.75, 3.05) is 14.7 Å². The zero-order valence-corrected chi connectivity index (χ0v) is 31.0. The molecule has 0 radical (unpaired) electrons. The monoisotopic (exact) mass is 697 g/mol. The number of anilines is 9. The Labute approximate surface area is 319 Å². The lowest BCUT2D eigenvalue weighted by molar-refractivity contribution is 1.19. The number of hydrogen-bond donors (Lipinski definition) is 0. The topological polar surface area (TPSA) is 9.72 Å². The molecule has 0 saturated heterocycles. The molecule has 8 aromatic rings. The lowest BCUT2D eigenvalue weighted by Gasteiger charge is -2.37. The molecule has 0 amide bonds. The molecule has 0 unspecified atom stereocenters. The van der Waals surface area contributed by atoms with Gasteiger partial charge < -0.3 is 14.7 Å². The summed E-state index contributed by atoms with van der Waals surface area (Å²) in [5.41, 5.74) is 15.6. The number of benzene rings is 8. The van der Waals surface area contributed by atoms with Gasteiger partial charge in [0, 0.05) is 28.3 Å². The minimum absolute atomic E-state index is 1.06. The molecular formula is C51H43N3. The van der Waals surface area contributed by atoms with Crippen LogP contribution in [0.3, 0.4) is 0 Å². The van der Waals surface area contributed by atoms with Gasteiger partial charge in [0.1, 0.15) is 0 Å². The molecule has 0 fully saturated rings. The molecule has 54 heavy (non-hydrogen) atoms. The van der Waals surface area contributed by atoms with Gasteiger partial charge >= 0.3 is 0 Å². The maximum atomic E-state index is 2.48. The van der Waals surface area contributed by atoms with E-state index in [1.165, 1.54) is 16.7 Å². The highest BCUT2D eigenvalue weighted by molar-refractivity contribution is 6.00. The number of rotatable bonds is 10. The first kappa shape index (κ1) is 34.3. The molecule has 0 aliphatic heterocycles. The Hall–Kier alpha value is -6.84. The van der Waals surface area contributed by atoms with Crippen molar-refractivity contribution in [2.24, 2.45) is 0 Å². The third-order valence-electron chi connectivity index (χ3n) is 9.76. The Bertz CT molecular complexity index is 2250. The fraction of sp³-hybridized carbons (Fsp3) is 0.0588. The van der Waals surface area contributed by atoms with Crippen LogP contribution in [0, 0.1) is 20.8 Å². The molecule has 0 heterocycles. The van der Waals surface area contributed by atoms with Gasteiger partial charge in [-0.1, -0.05) is 127 Å². The van der Waals surface area contributed by atoms with E-state index in [1.807, 2.05) is 0 Å². The molecule has 262 valence electrons. The fourth-order valence-corrected chi connectivity index (χ4v) is 7.25. The molecule has 0 spiro atoms. The van der Waals surface area contributed by atoms with Crippen LogP contribution in [-0.2, 0) is 0 Å². The molecular weight excluding hydrogens is 655 g/mol. The largest absolute Gasteiger partial charge is 0.308 e. The molecule has 8 rings (SSSR count).